The number of nitrogens with one attached hydrogen (secondary N) is 1. The van der Waals surface area contributed by atoms with Crippen LogP contribution in [0.25, 0.3) is 0 Å². The first-order valence-electron chi connectivity index (χ1n) is 5.88. The van der Waals surface area contributed by atoms with E-state index in [4.69, 9.17) is 5.73 Å². The van der Waals surface area contributed by atoms with E-state index in [2.05, 4.69) is 5.32 Å². The number of β-amino-alcohol motifs (C(OH)–C–C–N with tert-alkyl or cyclic N) is 1. The van der Waals surface area contributed by atoms with Crippen molar-refractivity contribution in [2.24, 2.45) is 11.7 Å². The number of primary amides is 1. The van der Waals surface area contributed by atoms with Gasteiger partial charge in [-0.15, -0.1) is 0 Å². The average molecular weight is 243 g/mol. The number of nitrogens with two attached hydrogens (primary N) is 1. The zero-order chi connectivity index (χ0) is 13.0. The SMILES string of the molecule is CC(C)CN(CC(N)=O)C(=O)C1CC(O)CN1. The Balaban J connectivity index is 2.61. The van der Waals surface area contributed by atoms with Crippen molar-refractivity contribution >= 4 is 11.8 Å². The highest BCUT2D eigenvalue weighted by Gasteiger charge is 2.31. The first kappa shape index (κ1) is 13.9. The molecule has 0 aromatic carbocycles. The molecule has 1 fully saturated rings. The summed E-state index contributed by atoms with van der Waals surface area (Å²) in [7, 11) is 0. The predicted octanol–water partition coefficient (Wildman–Crippen LogP) is -1.32. The minimum absolute atomic E-state index is 0.0642. The van der Waals surface area contributed by atoms with Gasteiger partial charge in [0, 0.05) is 13.1 Å². The van der Waals surface area contributed by atoms with E-state index in [0.717, 1.165) is 0 Å². The summed E-state index contributed by atoms with van der Waals surface area (Å²) < 4.78 is 0. The van der Waals surface area contributed by atoms with Gasteiger partial charge in [-0.1, -0.05) is 13.8 Å². The molecular formula is C11H21N3O3. The summed E-state index contributed by atoms with van der Waals surface area (Å²) in [6.45, 7) is 4.79. The third-order valence-corrected chi connectivity index (χ3v) is 2.65. The summed E-state index contributed by atoms with van der Waals surface area (Å²) in [5.74, 6) is -0.406. The van der Waals surface area contributed by atoms with Crippen molar-refractivity contribution in [2.75, 3.05) is 19.6 Å². The van der Waals surface area contributed by atoms with E-state index < -0.39 is 18.1 Å². The number of hydrogen-bond donors (Lipinski definition) is 3. The van der Waals surface area contributed by atoms with Crippen LogP contribution in [0.3, 0.4) is 0 Å². The molecule has 6 nitrogen and oxygen atoms in total. The summed E-state index contributed by atoms with van der Waals surface area (Å²) in [6, 6.07) is -0.400. The number of rotatable bonds is 5. The predicted molar refractivity (Wildman–Crippen MR) is 63.0 cm³/mol. The highest BCUT2D eigenvalue weighted by Crippen LogP contribution is 2.11. The van der Waals surface area contributed by atoms with Crippen LogP contribution >= 0.6 is 0 Å². The first-order chi connectivity index (χ1) is 7.90. The van der Waals surface area contributed by atoms with Crippen LogP contribution in [0.4, 0.5) is 0 Å². The van der Waals surface area contributed by atoms with Crippen LogP contribution in [0.2, 0.25) is 0 Å². The molecule has 1 heterocycles. The van der Waals surface area contributed by atoms with Gasteiger partial charge in [-0.2, -0.15) is 0 Å². The third kappa shape index (κ3) is 4.32. The molecule has 17 heavy (non-hydrogen) atoms. The highest BCUT2D eigenvalue weighted by atomic mass is 16.3. The Labute approximate surface area is 101 Å². The Morgan fingerprint density at radius 1 is 1.53 bits per heavy atom. The summed E-state index contributed by atoms with van der Waals surface area (Å²) >= 11 is 0. The van der Waals surface area contributed by atoms with Crippen LogP contribution in [-0.2, 0) is 9.59 Å². The lowest BCUT2D eigenvalue weighted by molar-refractivity contribution is -0.137. The van der Waals surface area contributed by atoms with Crippen LogP contribution in [-0.4, -0.2) is 53.6 Å². The van der Waals surface area contributed by atoms with E-state index in [1.807, 2.05) is 13.8 Å². The maximum atomic E-state index is 12.1. The molecule has 0 bridgehead atoms. The lowest BCUT2D eigenvalue weighted by Gasteiger charge is -2.26. The molecule has 1 aliphatic rings. The summed E-state index contributed by atoms with van der Waals surface area (Å²) in [6.07, 6.45) is -0.0925. The number of aliphatic hydroxyl groups excluding tert-OH is 1. The van der Waals surface area contributed by atoms with Crippen molar-refractivity contribution in [2.45, 2.75) is 32.4 Å². The average Bonchev–Trinajstić information content (AvgIpc) is 2.61. The molecule has 1 saturated heterocycles. The number of aliphatic hydroxyl groups is 1. The Kier molecular flexibility index (Phi) is 4.89. The van der Waals surface area contributed by atoms with Crippen molar-refractivity contribution < 1.29 is 14.7 Å². The van der Waals surface area contributed by atoms with Crippen LogP contribution < -0.4 is 11.1 Å². The Morgan fingerprint density at radius 2 is 2.18 bits per heavy atom. The number of amides is 2. The minimum atomic E-state index is -0.516. The van der Waals surface area contributed by atoms with Crippen LogP contribution in [0.1, 0.15) is 20.3 Å². The summed E-state index contributed by atoms with van der Waals surface area (Å²) in [4.78, 5) is 24.5. The van der Waals surface area contributed by atoms with Gasteiger partial charge in [0.2, 0.25) is 11.8 Å². The normalized spacial score (nSPS) is 24.0. The Hall–Kier alpha value is -1.14. The molecule has 0 aromatic rings. The molecule has 2 amide bonds. The molecule has 1 aliphatic heterocycles. The maximum Gasteiger partial charge on any atom is 0.240 e. The first-order valence-corrected chi connectivity index (χ1v) is 5.88. The molecule has 0 aliphatic carbocycles. The topological polar surface area (TPSA) is 95.7 Å². The van der Waals surface area contributed by atoms with Gasteiger partial charge in [0.25, 0.3) is 0 Å². The number of carbonyl (C=O) groups is 2. The minimum Gasteiger partial charge on any atom is -0.392 e. The summed E-state index contributed by atoms with van der Waals surface area (Å²) in [5, 5.41) is 12.3. The van der Waals surface area contributed by atoms with E-state index in [0.29, 0.717) is 19.5 Å². The van der Waals surface area contributed by atoms with Gasteiger partial charge in [0.05, 0.1) is 18.7 Å². The van der Waals surface area contributed by atoms with E-state index in [9.17, 15) is 14.7 Å². The molecular weight excluding hydrogens is 222 g/mol. The highest BCUT2D eigenvalue weighted by molar-refractivity contribution is 5.87. The van der Waals surface area contributed by atoms with Gasteiger partial charge in [-0.05, 0) is 12.3 Å². The molecule has 2 atom stereocenters. The Bertz CT molecular complexity index is 294. The fourth-order valence-corrected chi connectivity index (χ4v) is 1.99. The molecule has 2 unspecified atom stereocenters. The van der Waals surface area contributed by atoms with Crippen molar-refractivity contribution in [1.82, 2.24) is 10.2 Å². The molecule has 0 aromatic heterocycles. The third-order valence-electron chi connectivity index (χ3n) is 2.65. The van der Waals surface area contributed by atoms with E-state index in [-0.39, 0.29) is 18.4 Å². The number of carbonyl (C=O) groups excluding carboxylic acids is 2. The van der Waals surface area contributed by atoms with Gasteiger partial charge >= 0.3 is 0 Å². The van der Waals surface area contributed by atoms with Crippen LogP contribution in [0.15, 0.2) is 0 Å². The van der Waals surface area contributed by atoms with E-state index in [1.165, 1.54) is 4.90 Å². The quantitative estimate of drug-likeness (QED) is 0.558. The van der Waals surface area contributed by atoms with Gasteiger partial charge < -0.3 is 21.1 Å². The van der Waals surface area contributed by atoms with Gasteiger partial charge in [-0.25, -0.2) is 0 Å². The molecule has 0 spiro atoms. The molecule has 4 N–H and O–H groups in total. The van der Waals surface area contributed by atoms with Crippen molar-refractivity contribution in [3.05, 3.63) is 0 Å². The van der Waals surface area contributed by atoms with E-state index in [1.54, 1.807) is 0 Å². The summed E-state index contributed by atoms with van der Waals surface area (Å²) in [5.41, 5.74) is 5.13. The zero-order valence-electron chi connectivity index (χ0n) is 10.3. The maximum absolute atomic E-state index is 12.1. The molecule has 98 valence electrons. The largest absolute Gasteiger partial charge is 0.392 e. The van der Waals surface area contributed by atoms with Crippen molar-refractivity contribution in [3.8, 4) is 0 Å². The molecule has 6 heteroatoms. The monoisotopic (exact) mass is 243 g/mol. The van der Waals surface area contributed by atoms with E-state index >= 15 is 0 Å². The van der Waals surface area contributed by atoms with Crippen molar-refractivity contribution in [3.63, 3.8) is 0 Å². The number of hydrogen-bond acceptors (Lipinski definition) is 4. The standard InChI is InChI=1S/C11H21N3O3/c1-7(2)5-14(6-10(12)16)11(17)9-3-8(15)4-13-9/h7-9,13,15H,3-6H2,1-2H3,(H2,12,16). The van der Waals surface area contributed by atoms with Crippen LogP contribution in [0.5, 0.6) is 0 Å². The fourth-order valence-electron chi connectivity index (χ4n) is 1.99. The van der Waals surface area contributed by atoms with Gasteiger partial charge in [0.1, 0.15) is 0 Å². The van der Waals surface area contributed by atoms with Gasteiger partial charge in [-0.3, -0.25) is 9.59 Å². The second-order valence-corrected chi connectivity index (χ2v) is 4.93. The van der Waals surface area contributed by atoms with Crippen LogP contribution in [0, 0.1) is 5.92 Å². The lowest BCUT2D eigenvalue weighted by Crippen LogP contribution is -2.48. The molecule has 0 saturated carbocycles. The molecule has 0 radical (unpaired) electrons. The van der Waals surface area contributed by atoms with Gasteiger partial charge in [0.15, 0.2) is 0 Å². The fraction of sp³-hybridized carbons (Fsp3) is 0.818. The second-order valence-electron chi connectivity index (χ2n) is 4.93. The Morgan fingerprint density at radius 3 is 2.59 bits per heavy atom. The molecule has 1 rings (SSSR count). The second kappa shape index (κ2) is 5.97. The smallest absolute Gasteiger partial charge is 0.240 e. The van der Waals surface area contributed by atoms with Crippen molar-refractivity contribution in [1.29, 1.82) is 0 Å². The zero-order valence-corrected chi connectivity index (χ0v) is 10.3. The number of nitrogens with zero attached hydrogens (tertiary/aromatic N) is 1. The lowest BCUT2D eigenvalue weighted by atomic mass is 10.1.